The number of H-pyrrole nitrogens is 1. The van der Waals surface area contributed by atoms with Crippen molar-refractivity contribution in [2.45, 2.75) is 25.4 Å². The quantitative estimate of drug-likeness (QED) is 0.851. The lowest BCUT2D eigenvalue weighted by atomic mass is 10.1. The number of likely N-dealkylation sites (tertiary alicyclic amines) is 1. The highest BCUT2D eigenvalue weighted by Gasteiger charge is 2.24. The van der Waals surface area contributed by atoms with E-state index in [1.807, 2.05) is 29.3 Å². The summed E-state index contributed by atoms with van der Waals surface area (Å²) in [4.78, 5) is 21.1. The molecule has 5 heteroatoms. The smallest absolute Gasteiger partial charge is 0.222 e. The third-order valence-corrected chi connectivity index (χ3v) is 3.85. The van der Waals surface area contributed by atoms with Crippen molar-refractivity contribution in [3.8, 4) is 0 Å². The molecule has 0 spiro atoms. The standard InChI is InChI=1S/C16H20N4O/c21-16-7-4-10-20(16)12-14(13-5-2-1-3-6-13)19-11-15-17-8-9-18-15/h1-3,5-6,8-9,14,19H,4,7,10-12H2,(H,17,18). The highest BCUT2D eigenvalue weighted by Crippen LogP contribution is 2.18. The third kappa shape index (κ3) is 3.49. The molecule has 0 aliphatic carbocycles. The molecule has 1 aliphatic heterocycles. The average Bonchev–Trinajstić information content (AvgIpc) is 3.16. The molecule has 1 saturated heterocycles. The molecule has 0 saturated carbocycles. The first kappa shape index (κ1) is 13.8. The van der Waals surface area contributed by atoms with Gasteiger partial charge in [0.15, 0.2) is 0 Å². The molecule has 1 aliphatic rings. The van der Waals surface area contributed by atoms with Crippen LogP contribution in [-0.4, -0.2) is 33.9 Å². The summed E-state index contributed by atoms with van der Waals surface area (Å²) in [6.07, 6.45) is 5.22. The van der Waals surface area contributed by atoms with Gasteiger partial charge in [0.25, 0.3) is 0 Å². The molecule has 1 amide bonds. The highest BCUT2D eigenvalue weighted by atomic mass is 16.2. The van der Waals surface area contributed by atoms with Crippen LogP contribution < -0.4 is 5.32 Å². The Kier molecular flexibility index (Phi) is 4.31. The summed E-state index contributed by atoms with van der Waals surface area (Å²) in [6.45, 7) is 2.24. The van der Waals surface area contributed by atoms with Gasteiger partial charge in [-0.25, -0.2) is 4.98 Å². The SMILES string of the molecule is O=C1CCCN1CC(NCc1ncc[nH]1)c1ccccc1. The fraction of sp³-hybridized carbons (Fsp3) is 0.375. The summed E-state index contributed by atoms with van der Waals surface area (Å²) in [5, 5.41) is 3.50. The Hall–Kier alpha value is -2.14. The molecule has 1 unspecified atom stereocenters. The van der Waals surface area contributed by atoms with Gasteiger partial charge in [0.1, 0.15) is 5.82 Å². The molecule has 110 valence electrons. The maximum absolute atomic E-state index is 11.9. The Morgan fingerprint density at radius 1 is 1.33 bits per heavy atom. The fourth-order valence-corrected chi connectivity index (χ4v) is 2.71. The van der Waals surface area contributed by atoms with Crippen molar-refractivity contribution in [2.24, 2.45) is 0 Å². The van der Waals surface area contributed by atoms with E-state index in [9.17, 15) is 4.79 Å². The van der Waals surface area contributed by atoms with Crippen LogP contribution >= 0.6 is 0 Å². The second-order valence-electron chi connectivity index (χ2n) is 5.32. The number of aromatic nitrogens is 2. The molecule has 2 heterocycles. The fourth-order valence-electron chi connectivity index (χ4n) is 2.71. The molecule has 1 aromatic heterocycles. The van der Waals surface area contributed by atoms with Crippen molar-refractivity contribution in [2.75, 3.05) is 13.1 Å². The Balaban J connectivity index is 1.69. The number of nitrogens with one attached hydrogen (secondary N) is 2. The maximum atomic E-state index is 11.9. The van der Waals surface area contributed by atoms with Gasteiger partial charge >= 0.3 is 0 Å². The van der Waals surface area contributed by atoms with E-state index in [4.69, 9.17) is 0 Å². The number of hydrogen-bond acceptors (Lipinski definition) is 3. The highest BCUT2D eigenvalue weighted by molar-refractivity contribution is 5.78. The first-order chi connectivity index (χ1) is 10.3. The normalized spacial score (nSPS) is 16.4. The Morgan fingerprint density at radius 2 is 2.19 bits per heavy atom. The first-order valence-corrected chi connectivity index (χ1v) is 7.37. The topological polar surface area (TPSA) is 61.0 Å². The van der Waals surface area contributed by atoms with Crippen molar-refractivity contribution in [3.63, 3.8) is 0 Å². The molecule has 2 aromatic rings. The summed E-state index contributed by atoms with van der Waals surface area (Å²) in [5.41, 5.74) is 1.20. The van der Waals surface area contributed by atoms with Crippen molar-refractivity contribution in [1.82, 2.24) is 20.2 Å². The van der Waals surface area contributed by atoms with Crippen LogP contribution in [0.1, 0.15) is 30.3 Å². The number of benzene rings is 1. The minimum absolute atomic E-state index is 0.123. The second kappa shape index (κ2) is 6.54. The predicted octanol–water partition coefficient (Wildman–Crippen LogP) is 1.86. The summed E-state index contributed by atoms with van der Waals surface area (Å²) in [6, 6.07) is 10.4. The molecule has 1 fully saturated rings. The summed E-state index contributed by atoms with van der Waals surface area (Å²) in [7, 11) is 0. The van der Waals surface area contributed by atoms with E-state index in [2.05, 4.69) is 27.4 Å². The van der Waals surface area contributed by atoms with Crippen LogP contribution in [0.5, 0.6) is 0 Å². The van der Waals surface area contributed by atoms with Crippen LogP contribution in [0, 0.1) is 0 Å². The Morgan fingerprint density at radius 3 is 2.86 bits per heavy atom. The molecular formula is C16H20N4O. The summed E-state index contributed by atoms with van der Waals surface area (Å²) >= 11 is 0. The predicted molar refractivity (Wildman–Crippen MR) is 80.4 cm³/mol. The monoisotopic (exact) mass is 284 g/mol. The zero-order chi connectivity index (χ0) is 14.5. The van der Waals surface area contributed by atoms with Crippen LogP contribution in [0.3, 0.4) is 0 Å². The Bertz CT molecular complexity index is 567. The van der Waals surface area contributed by atoms with Crippen LogP contribution in [-0.2, 0) is 11.3 Å². The number of aromatic amines is 1. The van der Waals surface area contributed by atoms with E-state index >= 15 is 0 Å². The van der Waals surface area contributed by atoms with Crippen LogP contribution in [0.2, 0.25) is 0 Å². The van der Waals surface area contributed by atoms with Crippen LogP contribution in [0.15, 0.2) is 42.7 Å². The van der Waals surface area contributed by atoms with E-state index in [1.54, 1.807) is 6.20 Å². The van der Waals surface area contributed by atoms with Crippen molar-refractivity contribution in [3.05, 3.63) is 54.1 Å². The van der Waals surface area contributed by atoms with Gasteiger partial charge < -0.3 is 15.2 Å². The lowest BCUT2D eigenvalue weighted by molar-refractivity contribution is -0.128. The Labute approximate surface area is 124 Å². The van der Waals surface area contributed by atoms with Gasteiger partial charge in [-0.15, -0.1) is 0 Å². The molecule has 21 heavy (non-hydrogen) atoms. The van der Waals surface area contributed by atoms with E-state index < -0.39 is 0 Å². The van der Waals surface area contributed by atoms with E-state index in [0.29, 0.717) is 19.5 Å². The number of amides is 1. The first-order valence-electron chi connectivity index (χ1n) is 7.37. The molecule has 3 rings (SSSR count). The second-order valence-corrected chi connectivity index (χ2v) is 5.32. The third-order valence-electron chi connectivity index (χ3n) is 3.85. The van der Waals surface area contributed by atoms with E-state index in [1.165, 1.54) is 5.56 Å². The largest absolute Gasteiger partial charge is 0.348 e. The van der Waals surface area contributed by atoms with Gasteiger partial charge in [-0.1, -0.05) is 30.3 Å². The van der Waals surface area contributed by atoms with Crippen LogP contribution in [0.25, 0.3) is 0 Å². The van der Waals surface area contributed by atoms with Gasteiger partial charge in [0.05, 0.1) is 12.6 Å². The number of rotatable bonds is 6. The molecule has 1 atom stereocenters. The summed E-state index contributed by atoms with van der Waals surface area (Å²) in [5.74, 6) is 1.17. The van der Waals surface area contributed by atoms with E-state index in [0.717, 1.165) is 18.8 Å². The van der Waals surface area contributed by atoms with Crippen molar-refractivity contribution >= 4 is 5.91 Å². The zero-order valence-corrected chi connectivity index (χ0v) is 12.0. The van der Waals surface area contributed by atoms with Gasteiger partial charge in [-0.3, -0.25) is 4.79 Å². The van der Waals surface area contributed by atoms with E-state index in [-0.39, 0.29) is 11.9 Å². The number of nitrogens with zero attached hydrogens (tertiary/aromatic N) is 2. The zero-order valence-electron chi connectivity index (χ0n) is 12.0. The number of carbonyl (C=O) groups is 1. The maximum Gasteiger partial charge on any atom is 0.222 e. The van der Waals surface area contributed by atoms with Gasteiger partial charge in [-0.2, -0.15) is 0 Å². The molecule has 2 N–H and O–H groups in total. The number of carbonyl (C=O) groups excluding carboxylic acids is 1. The van der Waals surface area contributed by atoms with Crippen molar-refractivity contribution in [1.29, 1.82) is 0 Å². The average molecular weight is 284 g/mol. The van der Waals surface area contributed by atoms with Gasteiger partial charge in [-0.05, 0) is 12.0 Å². The van der Waals surface area contributed by atoms with Crippen molar-refractivity contribution < 1.29 is 4.79 Å². The minimum Gasteiger partial charge on any atom is -0.348 e. The van der Waals surface area contributed by atoms with Gasteiger partial charge in [0, 0.05) is 31.9 Å². The van der Waals surface area contributed by atoms with Crippen LogP contribution in [0.4, 0.5) is 0 Å². The lowest BCUT2D eigenvalue weighted by Crippen LogP contribution is -2.35. The molecule has 5 nitrogen and oxygen atoms in total. The minimum atomic E-state index is 0.123. The van der Waals surface area contributed by atoms with Gasteiger partial charge in [0.2, 0.25) is 5.91 Å². The lowest BCUT2D eigenvalue weighted by Gasteiger charge is -2.25. The number of imidazole rings is 1. The summed E-state index contributed by atoms with van der Waals surface area (Å²) < 4.78 is 0. The molecule has 0 radical (unpaired) electrons. The molecule has 0 bridgehead atoms. The molecular weight excluding hydrogens is 264 g/mol. The molecule has 1 aromatic carbocycles. The number of hydrogen-bond donors (Lipinski definition) is 2.